The van der Waals surface area contributed by atoms with Crippen LogP contribution in [0.1, 0.15) is 31.1 Å². The summed E-state index contributed by atoms with van der Waals surface area (Å²) in [5, 5.41) is 7.93. The van der Waals surface area contributed by atoms with E-state index in [1.165, 1.54) is 11.3 Å². The molecule has 2 heterocycles. The Morgan fingerprint density at radius 2 is 1.81 bits per heavy atom. The van der Waals surface area contributed by atoms with Gasteiger partial charge >= 0.3 is 12.1 Å². The zero-order valence-corrected chi connectivity index (χ0v) is 18.5. The molecule has 1 aliphatic heterocycles. The summed E-state index contributed by atoms with van der Waals surface area (Å²) in [4.78, 5) is 44.1. The molecule has 2 N–H and O–H groups in total. The minimum absolute atomic E-state index is 0.0974. The largest absolute Gasteiger partial charge is 0.450 e. The van der Waals surface area contributed by atoms with E-state index in [-0.39, 0.29) is 30.5 Å². The maximum absolute atomic E-state index is 12.5. The molecule has 1 aromatic heterocycles. The number of ether oxygens (including phenoxy) is 1. The average molecular weight is 446 g/mol. The van der Waals surface area contributed by atoms with Crippen LogP contribution in [0.2, 0.25) is 0 Å². The number of thiazole rings is 1. The summed E-state index contributed by atoms with van der Waals surface area (Å²) in [6.07, 6.45) is -0.214. The van der Waals surface area contributed by atoms with Gasteiger partial charge in [-0.2, -0.15) is 0 Å². The molecule has 1 fully saturated rings. The Morgan fingerprint density at radius 1 is 1.13 bits per heavy atom. The van der Waals surface area contributed by atoms with Gasteiger partial charge in [-0.25, -0.2) is 14.6 Å². The van der Waals surface area contributed by atoms with Crippen molar-refractivity contribution in [1.82, 2.24) is 20.1 Å². The normalized spacial score (nSPS) is 14.6. The van der Waals surface area contributed by atoms with Gasteiger partial charge in [0.05, 0.1) is 24.8 Å². The van der Waals surface area contributed by atoms with Gasteiger partial charge in [-0.05, 0) is 19.4 Å². The van der Waals surface area contributed by atoms with E-state index in [4.69, 9.17) is 4.74 Å². The number of aromatic nitrogens is 1. The van der Waals surface area contributed by atoms with E-state index in [1.54, 1.807) is 22.1 Å². The molecule has 2 aromatic rings. The molecule has 31 heavy (non-hydrogen) atoms. The molecule has 0 aliphatic carbocycles. The Bertz CT molecular complexity index is 896. The fourth-order valence-electron chi connectivity index (χ4n) is 3.21. The van der Waals surface area contributed by atoms with Crippen molar-refractivity contribution in [2.75, 3.05) is 38.1 Å². The Labute approximate surface area is 185 Å². The van der Waals surface area contributed by atoms with Gasteiger partial charge in [0, 0.05) is 31.6 Å². The molecule has 166 valence electrons. The van der Waals surface area contributed by atoms with Crippen molar-refractivity contribution < 1.29 is 19.1 Å². The van der Waals surface area contributed by atoms with Crippen LogP contribution in [0.25, 0.3) is 0 Å². The van der Waals surface area contributed by atoms with Crippen LogP contribution in [-0.4, -0.2) is 65.6 Å². The summed E-state index contributed by atoms with van der Waals surface area (Å²) in [6, 6.07) is 9.37. The van der Waals surface area contributed by atoms with Crippen molar-refractivity contribution in [2.24, 2.45) is 0 Å². The smallest absolute Gasteiger partial charge is 0.409 e. The van der Waals surface area contributed by atoms with Crippen LogP contribution < -0.4 is 10.6 Å². The first-order valence-corrected chi connectivity index (χ1v) is 11.1. The Kier molecular flexibility index (Phi) is 7.82. The lowest BCUT2D eigenvalue weighted by atomic mass is 10.1. The molecule has 0 spiro atoms. The van der Waals surface area contributed by atoms with E-state index in [1.807, 2.05) is 37.3 Å². The van der Waals surface area contributed by atoms with Crippen LogP contribution in [0.15, 0.2) is 35.7 Å². The molecule has 0 saturated carbocycles. The number of urea groups is 1. The summed E-state index contributed by atoms with van der Waals surface area (Å²) >= 11 is 1.28. The third-order valence-electron chi connectivity index (χ3n) is 4.88. The van der Waals surface area contributed by atoms with E-state index in [9.17, 15) is 14.4 Å². The standard InChI is InChI=1S/C21H27N5O4S/c1-3-30-21(29)26-11-9-25(10-12-26)20(28)24-19-23-17(14-31-19)13-18(27)22-15(2)16-7-5-4-6-8-16/h4-8,14-15H,3,9-13H2,1-2H3,(H,22,27)(H,23,24,28)/t15-/m1/s1. The third kappa shape index (κ3) is 6.42. The Morgan fingerprint density at radius 3 is 2.48 bits per heavy atom. The SMILES string of the molecule is CCOC(=O)N1CCN(C(=O)Nc2nc(CC(=O)N[C@H](C)c3ccccc3)cs2)CC1. The van der Waals surface area contributed by atoms with E-state index < -0.39 is 0 Å². The van der Waals surface area contributed by atoms with Crippen LogP contribution in [0.3, 0.4) is 0 Å². The molecular weight excluding hydrogens is 418 g/mol. The van der Waals surface area contributed by atoms with Crippen molar-refractivity contribution in [3.8, 4) is 0 Å². The molecule has 3 rings (SSSR count). The first kappa shape index (κ1) is 22.5. The summed E-state index contributed by atoms with van der Waals surface area (Å²) in [5.74, 6) is -0.130. The summed E-state index contributed by atoms with van der Waals surface area (Å²) in [7, 11) is 0. The van der Waals surface area contributed by atoms with E-state index in [0.29, 0.717) is 43.6 Å². The molecule has 0 unspecified atom stereocenters. The van der Waals surface area contributed by atoms with E-state index >= 15 is 0 Å². The van der Waals surface area contributed by atoms with Crippen LogP contribution >= 0.6 is 11.3 Å². The zero-order valence-electron chi connectivity index (χ0n) is 17.7. The molecular formula is C21H27N5O4S. The number of nitrogens with one attached hydrogen (secondary N) is 2. The highest BCUT2D eigenvalue weighted by Gasteiger charge is 2.25. The number of amides is 4. The van der Waals surface area contributed by atoms with Crippen molar-refractivity contribution >= 4 is 34.5 Å². The van der Waals surface area contributed by atoms with Gasteiger partial charge in [0.25, 0.3) is 0 Å². The molecule has 1 aromatic carbocycles. The minimum atomic E-state index is -0.355. The van der Waals surface area contributed by atoms with Crippen LogP contribution in [0.5, 0.6) is 0 Å². The fraction of sp³-hybridized carbons (Fsp3) is 0.429. The summed E-state index contributed by atoms with van der Waals surface area (Å²) in [6.45, 7) is 5.71. The first-order valence-electron chi connectivity index (χ1n) is 10.2. The lowest BCUT2D eigenvalue weighted by Crippen LogP contribution is -2.51. The zero-order chi connectivity index (χ0) is 22.2. The molecule has 1 aliphatic rings. The Balaban J connectivity index is 1.45. The second-order valence-electron chi connectivity index (χ2n) is 7.12. The van der Waals surface area contributed by atoms with Crippen molar-refractivity contribution in [1.29, 1.82) is 0 Å². The summed E-state index contributed by atoms with van der Waals surface area (Å²) < 4.78 is 4.98. The molecule has 1 saturated heterocycles. The second-order valence-corrected chi connectivity index (χ2v) is 7.98. The molecule has 10 heteroatoms. The number of hydrogen-bond acceptors (Lipinski definition) is 6. The second kappa shape index (κ2) is 10.8. The van der Waals surface area contributed by atoms with Gasteiger partial charge in [-0.1, -0.05) is 30.3 Å². The number of nitrogens with zero attached hydrogens (tertiary/aromatic N) is 3. The van der Waals surface area contributed by atoms with Crippen LogP contribution in [0.4, 0.5) is 14.7 Å². The third-order valence-corrected chi connectivity index (χ3v) is 5.68. The molecule has 0 radical (unpaired) electrons. The number of carbonyl (C=O) groups excluding carboxylic acids is 3. The average Bonchev–Trinajstić information content (AvgIpc) is 3.21. The lowest BCUT2D eigenvalue weighted by Gasteiger charge is -2.33. The van der Waals surface area contributed by atoms with Gasteiger partial charge < -0.3 is 19.9 Å². The minimum Gasteiger partial charge on any atom is -0.450 e. The number of anilines is 1. The van der Waals surface area contributed by atoms with Crippen LogP contribution in [-0.2, 0) is 16.0 Å². The predicted octanol–water partition coefficient (Wildman–Crippen LogP) is 2.87. The highest BCUT2D eigenvalue weighted by molar-refractivity contribution is 7.13. The molecule has 1 atom stereocenters. The number of rotatable bonds is 6. The van der Waals surface area contributed by atoms with Crippen molar-refractivity contribution in [3.05, 3.63) is 47.0 Å². The quantitative estimate of drug-likeness (QED) is 0.712. The van der Waals surface area contributed by atoms with Gasteiger partial charge in [0.15, 0.2) is 5.13 Å². The van der Waals surface area contributed by atoms with Gasteiger partial charge in [-0.3, -0.25) is 10.1 Å². The Hall–Kier alpha value is -3.14. The van der Waals surface area contributed by atoms with E-state index in [0.717, 1.165) is 5.56 Å². The van der Waals surface area contributed by atoms with Gasteiger partial charge in [-0.15, -0.1) is 11.3 Å². The topological polar surface area (TPSA) is 104 Å². The van der Waals surface area contributed by atoms with Gasteiger partial charge in [0.1, 0.15) is 0 Å². The highest BCUT2D eigenvalue weighted by Crippen LogP contribution is 2.18. The fourth-order valence-corrected chi connectivity index (χ4v) is 3.90. The van der Waals surface area contributed by atoms with Crippen molar-refractivity contribution in [3.63, 3.8) is 0 Å². The number of carbonyl (C=O) groups is 3. The maximum Gasteiger partial charge on any atom is 0.409 e. The van der Waals surface area contributed by atoms with Gasteiger partial charge in [0.2, 0.25) is 5.91 Å². The van der Waals surface area contributed by atoms with E-state index in [2.05, 4.69) is 15.6 Å². The molecule has 0 bridgehead atoms. The maximum atomic E-state index is 12.5. The lowest BCUT2D eigenvalue weighted by molar-refractivity contribution is -0.121. The predicted molar refractivity (Wildman–Crippen MR) is 118 cm³/mol. The highest BCUT2D eigenvalue weighted by atomic mass is 32.1. The number of hydrogen-bond donors (Lipinski definition) is 2. The number of piperazine rings is 1. The summed E-state index contributed by atoms with van der Waals surface area (Å²) in [5.41, 5.74) is 1.63. The first-order chi connectivity index (χ1) is 15.0. The van der Waals surface area contributed by atoms with Crippen LogP contribution in [0, 0.1) is 0 Å². The monoisotopic (exact) mass is 445 g/mol. The molecule has 4 amide bonds. The molecule has 9 nitrogen and oxygen atoms in total. The van der Waals surface area contributed by atoms with Crippen molar-refractivity contribution in [2.45, 2.75) is 26.3 Å². The number of benzene rings is 1.